The van der Waals surface area contributed by atoms with Crippen molar-refractivity contribution in [2.45, 2.75) is 51.7 Å². The predicted octanol–water partition coefficient (Wildman–Crippen LogP) is 3.84. The van der Waals surface area contributed by atoms with Gasteiger partial charge in [0.1, 0.15) is 18.2 Å². The fourth-order valence-electron chi connectivity index (χ4n) is 4.32. The largest absolute Gasteiger partial charge is 0.381 e. The van der Waals surface area contributed by atoms with Crippen molar-refractivity contribution in [2.24, 2.45) is 4.99 Å². The molecule has 1 aromatic rings. The summed E-state index contributed by atoms with van der Waals surface area (Å²) in [6, 6.07) is 0.429. The average Bonchev–Trinajstić information content (AvgIpc) is 3.14. The molecular weight excluding hydrogens is 379 g/mol. The molecule has 160 valence electrons. The first-order valence-corrected chi connectivity index (χ1v) is 10.8. The number of piperidine rings is 1. The van der Waals surface area contributed by atoms with Gasteiger partial charge >= 0.3 is 0 Å². The van der Waals surface area contributed by atoms with Crippen molar-refractivity contribution in [3.05, 3.63) is 47.7 Å². The number of allylic oxidation sites excluding steroid dienone is 4. The molecule has 2 saturated heterocycles. The standard InChI is InChI=1S/C23H31FN6/c1-15(27-20-8-10-29(4)11-9-20)16(2)28-22-17(3)25-14-26-23(22)30-12-7-18-13-19(24)5-6-21(18)30/h6,13-14,19-20,27H,1,5,7-12H2,2-4H3/b28-16+. The van der Waals surface area contributed by atoms with E-state index in [0.717, 1.165) is 78.8 Å². The molecular formula is C23H31FN6. The molecule has 0 bridgehead atoms. The van der Waals surface area contributed by atoms with Crippen molar-refractivity contribution in [1.29, 1.82) is 0 Å². The minimum atomic E-state index is -0.885. The lowest BCUT2D eigenvalue weighted by Crippen LogP contribution is -2.41. The second kappa shape index (κ2) is 8.68. The molecule has 0 saturated carbocycles. The van der Waals surface area contributed by atoms with Crippen molar-refractivity contribution in [3.63, 3.8) is 0 Å². The third kappa shape index (κ3) is 4.31. The number of nitrogens with one attached hydrogen (secondary N) is 1. The molecule has 1 N–H and O–H groups in total. The highest BCUT2D eigenvalue weighted by Gasteiger charge is 2.30. The Morgan fingerprint density at radius 1 is 1.27 bits per heavy atom. The van der Waals surface area contributed by atoms with Crippen LogP contribution in [0.3, 0.4) is 0 Å². The maximum atomic E-state index is 13.8. The van der Waals surface area contributed by atoms with Crippen molar-refractivity contribution in [2.75, 3.05) is 31.6 Å². The van der Waals surface area contributed by atoms with E-state index >= 15 is 0 Å². The molecule has 4 rings (SSSR count). The molecule has 3 heterocycles. The van der Waals surface area contributed by atoms with Crippen LogP contribution in [-0.4, -0.2) is 59.5 Å². The number of hydrogen-bond acceptors (Lipinski definition) is 6. The molecule has 6 nitrogen and oxygen atoms in total. The summed E-state index contributed by atoms with van der Waals surface area (Å²) in [5.41, 5.74) is 5.38. The van der Waals surface area contributed by atoms with E-state index in [-0.39, 0.29) is 0 Å². The van der Waals surface area contributed by atoms with E-state index in [2.05, 4.69) is 38.7 Å². The number of rotatable bonds is 5. The minimum absolute atomic E-state index is 0.411. The van der Waals surface area contributed by atoms with Gasteiger partial charge in [0.15, 0.2) is 5.82 Å². The zero-order valence-corrected chi connectivity index (χ0v) is 18.2. The summed E-state index contributed by atoms with van der Waals surface area (Å²) in [6.45, 7) is 11.1. The Kier molecular flexibility index (Phi) is 5.99. The third-order valence-corrected chi connectivity index (χ3v) is 6.20. The number of aliphatic imine (C=N–C) groups is 1. The SMILES string of the molecule is C=C(NC1CCN(C)CC1)/C(C)=N/c1c(C)ncnc1N1CCC2=CC(F)CC=C21. The van der Waals surface area contributed by atoms with Crippen LogP contribution in [0.4, 0.5) is 15.9 Å². The second-order valence-corrected chi connectivity index (χ2v) is 8.46. The molecule has 1 atom stereocenters. The van der Waals surface area contributed by atoms with Gasteiger partial charge in [-0.1, -0.05) is 12.7 Å². The molecule has 0 aromatic carbocycles. The highest BCUT2D eigenvalue weighted by Crippen LogP contribution is 2.39. The lowest BCUT2D eigenvalue weighted by atomic mass is 10.0. The number of aryl methyl sites for hydroxylation is 1. The van der Waals surface area contributed by atoms with E-state index in [4.69, 9.17) is 4.99 Å². The molecule has 2 fully saturated rings. The Bertz CT molecular complexity index is 910. The number of alkyl halides is 1. The highest BCUT2D eigenvalue weighted by molar-refractivity contribution is 5.99. The van der Waals surface area contributed by atoms with E-state index < -0.39 is 6.17 Å². The van der Waals surface area contributed by atoms with E-state index in [1.165, 1.54) is 0 Å². The number of nitrogens with zero attached hydrogens (tertiary/aromatic N) is 5. The number of hydrogen-bond donors (Lipinski definition) is 1. The maximum Gasteiger partial charge on any atom is 0.162 e. The lowest BCUT2D eigenvalue weighted by Gasteiger charge is -2.30. The van der Waals surface area contributed by atoms with Gasteiger partial charge in [-0.25, -0.2) is 19.4 Å². The number of aromatic nitrogens is 2. The van der Waals surface area contributed by atoms with Gasteiger partial charge in [0.05, 0.1) is 11.4 Å². The van der Waals surface area contributed by atoms with Gasteiger partial charge in [0.2, 0.25) is 0 Å². The fourth-order valence-corrected chi connectivity index (χ4v) is 4.32. The van der Waals surface area contributed by atoms with E-state index in [0.29, 0.717) is 12.5 Å². The summed E-state index contributed by atoms with van der Waals surface area (Å²) in [5.74, 6) is 0.779. The van der Waals surface area contributed by atoms with Crippen LogP contribution in [-0.2, 0) is 0 Å². The molecule has 0 spiro atoms. The summed E-state index contributed by atoms with van der Waals surface area (Å²) >= 11 is 0. The molecule has 30 heavy (non-hydrogen) atoms. The number of anilines is 1. The Labute approximate surface area is 178 Å². The fraction of sp³-hybridized carbons (Fsp3) is 0.522. The molecule has 7 heteroatoms. The predicted molar refractivity (Wildman–Crippen MR) is 120 cm³/mol. The van der Waals surface area contributed by atoms with Crippen molar-refractivity contribution >= 4 is 17.2 Å². The van der Waals surface area contributed by atoms with Crippen LogP contribution >= 0.6 is 0 Å². The molecule has 0 amide bonds. The quantitative estimate of drug-likeness (QED) is 0.748. The maximum absolute atomic E-state index is 13.8. The highest BCUT2D eigenvalue weighted by atomic mass is 19.1. The zero-order valence-electron chi connectivity index (χ0n) is 18.2. The van der Waals surface area contributed by atoms with Gasteiger partial charge in [0, 0.05) is 30.4 Å². The first-order chi connectivity index (χ1) is 14.4. The first kappa shape index (κ1) is 20.7. The normalized spacial score (nSPS) is 23.1. The van der Waals surface area contributed by atoms with Crippen LogP contribution < -0.4 is 10.2 Å². The van der Waals surface area contributed by atoms with E-state index in [9.17, 15) is 4.39 Å². The van der Waals surface area contributed by atoms with E-state index in [1.807, 2.05) is 19.9 Å². The van der Waals surface area contributed by atoms with Crippen molar-refractivity contribution < 1.29 is 4.39 Å². The number of halogens is 1. The summed E-state index contributed by atoms with van der Waals surface area (Å²) in [7, 11) is 2.16. The van der Waals surface area contributed by atoms with Crippen LogP contribution in [0.25, 0.3) is 0 Å². The minimum Gasteiger partial charge on any atom is -0.381 e. The zero-order chi connectivity index (χ0) is 21.3. The van der Waals surface area contributed by atoms with Gasteiger partial charge in [-0.2, -0.15) is 0 Å². The Morgan fingerprint density at radius 2 is 2.03 bits per heavy atom. The topological polar surface area (TPSA) is 56.6 Å². The van der Waals surface area contributed by atoms with Crippen LogP contribution in [0.15, 0.2) is 47.0 Å². The monoisotopic (exact) mass is 410 g/mol. The van der Waals surface area contributed by atoms with Crippen LogP contribution in [0.1, 0.15) is 38.3 Å². The smallest absolute Gasteiger partial charge is 0.162 e. The average molecular weight is 411 g/mol. The number of likely N-dealkylation sites (tertiary alicyclic amines) is 1. The first-order valence-electron chi connectivity index (χ1n) is 10.8. The van der Waals surface area contributed by atoms with Crippen LogP contribution in [0.2, 0.25) is 0 Å². The summed E-state index contributed by atoms with van der Waals surface area (Å²) < 4.78 is 13.8. The Hall–Kier alpha value is -2.54. The number of fused-ring (bicyclic) bond motifs is 1. The molecule has 3 aliphatic rings. The summed E-state index contributed by atoms with van der Waals surface area (Å²) in [5, 5.41) is 3.55. The molecule has 0 radical (unpaired) electrons. The molecule has 1 aliphatic carbocycles. The van der Waals surface area contributed by atoms with Gasteiger partial charge in [-0.05, 0) is 64.9 Å². The Morgan fingerprint density at radius 3 is 2.80 bits per heavy atom. The van der Waals surface area contributed by atoms with Gasteiger partial charge < -0.3 is 15.1 Å². The second-order valence-electron chi connectivity index (χ2n) is 8.46. The molecule has 2 aliphatic heterocycles. The van der Waals surface area contributed by atoms with Gasteiger partial charge in [-0.3, -0.25) is 0 Å². The van der Waals surface area contributed by atoms with Gasteiger partial charge in [-0.15, -0.1) is 0 Å². The Balaban J connectivity index is 1.56. The van der Waals surface area contributed by atoms with E-state index in [1.54, 1.807) is 12.4 Å². The van der Waals surface area contributed by atoms with Crippen LogP contribution in [0, 0.1) is 6.92 Å². The van der Waals surface area contributed by atoms with Gasteiger partial charge in [0.25, 0.3) is 0 Å². The lowest BCUT2D eigenvalue weighted by molar-refractivity contribution is 0.243. The third-order valence-electron chi connectivity index (χ3n) is 6.20. The van der Waals surface area contributed by atoms with Crippen molar-refractivity contribution in [1.82, 2.24) is 20.2 Å². The van der Waals surface area contributed by atoms with Crippen LogP contribution in [0.5, 0.6) is 0 Å². The summed E-state index contributed by atoms with van der Waals surface area (Å²) in [6.07, 6.45) is 7.85. The summed E-state index contributed by atoms with van der Waals surface area (Å²) in [4.78, 5) is 18.3. The molecule has 1 unspecified atom stereocenters. The molecule has 1 aromatic heterocycles. The van der Waals surface area contributed by atoms with Crippen molar-refractivity contribution in [3.8, 4) is 0 Å².